The molecule has 0 unspecified atom stereocenters. The van der Waals surface area contributed by atoms with E-state index in [9.17, 15) is 4.39 Å². The summed E-state index contributed by atoms with van der Waals surface area (Å²) in [6.07, 6.45) is 1.60. The Morgan fingerprint density at radius 3 is 2.54 bits per heavy atom. The second-order valence-electron chi connectivity index (χ2n) is 5.32. The first-order chi connectivity index (χ1) is 12.4. The van der Waals surface area contributed by atoms with Crippen LogP contribution in [0.3, 0.4) is 0 Å². The van der Waals surface area contributed by atoms with Crippen LogP contribution in [0.1, 0.15) is 5.56 Å². The average Bonchev–Trinajstić information content (AvgIpc) is 2.92. The fourth-order valence-electron chi connectivity index (χ4n) is 2.21. The fraction of sp³-hybridized carbons (Fsp3) is 0.0588. The second-order valence-corrected chi connectivity index (χ2v) is 6.95. The summed E-state index contributed by atoms with van der Waals surface area (Å²) in [5.74, 6) is 0.0611. The van der Waals surface area contributed by atoms with Crippen LogP contribution in [0.4, 0.5) is 15.9 Å². The molecule has 4 nitrogen and oxygen atoms in total. The lowest BCUT2D eigenvalue weighted by molar-refractivity contribution is 0.586. The number of anilines is 2. The van der Waals surface area contributed by atoms with Crippen molar-refractivity contribution >= 4 is 63.6 Å². The molecule has 134 valence electrons. The minimum absolute atomic E-state index is 0.251. The van der Waals surface area contributed by atoms with E-state index < -0.39 is 0 Å². The molecule has 2 aromatic carbocycles. The molecule has 0 bridgehead atoms. The quantitative estimate of drug-likeness (QED) is 0.511. The summed E-state index contributed by atoms with van der Waals surface area (Å²) in [5.41, 5.74) is 1.17. The van der Waals surface area contributed by atoms with E-state index in [0.717, 1.165) is 0 Å². The Balaban J connectivity index is 1.68. The molecule has 3 rings (SSSR count). The topological polar surface area (TPSA) is 41.9 Å². The number of hydrogen-bond donors (Lipinski definition) is 2. The van der Waals surface area contributed by atoms with Crippen LogP contribution in [0.2, 0.25) is 15.1 Å². The SMILES string of the molecule is Fc1ccccc1Cn1cc(Cl)c(NC(=S)Nc2ccc(Cl)c(Cl)c2)n1. The number of thiocarbonyl (C=S) groups is 1. The Bertz CT molecular complexity index is 961. The molecule has 0 atom stereocenters. The van der Waals surface area contributed by atoms with Crippen molar-refractivity contribution in [3.8, 4) is 0 Å². The molecule has 2 N–H and O–H groups in total. The van der Waals surface area contributed by atoms with E-state index in [4.69, 9.17) is 47.0 Å². The molecular formula is C17H12Cl3FN4S. The highest BCUT2D eigenvalue weighted by molar-refractivity contribution is 7.80. The maximum absolute atomic E-state index is 13.8. The zero-order valence-corrected chi connectivity index (χ0v) is 16.2. The zero-order chi connectivity index (χ0) is 18.7. The molecule has 0 saturated heterocycles. The third kappa shape index (κ3) is 4.65. The monoisotopic (exact) mass is 428 g/mol. The van der Waals surface area contributed by atoms with Crippen molar-refractivity contribution in [2.45, 2.75) is 6.54 Å². The van der Waals surface area contributed by atoms with Gasteiger partial charge in [-0.25, -0.2) is 4.39 Å². The highest BCUT2D eigenvalue weighted by Crippen LogP contribution is 2.25. The maximum atomic E-state index is 13.8. The van der Waals surface area contributed by atoms with Crippen molar-refractivity contribution < 1.29 is 4.39 Å². The molecule has 0 aliphatic rings. The van der Waals surface area contributed by atoms with Crippen molar-refractivity contribution in [2.75, 3.05) is 10.6 Å². The largest absolute Gasteiger partial charge is 0.332 e. The van der Waals surface area contributed by atoms with Crippen molar-refractivity contribution in [3.05, 3.63) is 75.1 Å². The molecule has 3 aromatic rings. The Morgan fingerprint density at radius 2 is 1.81 bits per heavy atom. The lowest BCUT2D eigenvalue weighted by Crippen LogP contribution is -2.19. The van der Waals surface area contributed by atoms with Crippen molar-refractivity contribution in [2.24, 2.45) is 0 Å². The molecule has 0 fully saturated rings. The van der Waals surface area contributed by atoms with Gasteiger partial charge in [0.25, 0.3) is 0 Å². The zero-order valence-electron chi connectivity index (χ0n) is 13.1. The van der Waals surface area contributed by atoms with E-state index in [1.807, 2.05) is 0 Å². The third-order valence-electron chi connectivity index (χ3n) is 3.42. The Kier molecular flexibility index (Phi) is 5.98. The van der Waals surface area contributed by atoms with Gasteiger partial charge in [0.1, 0.15) is 10.8 Å². The average molecular weight is 430 g/mol. The van der Waals surface area contributed by atoms with E-state index in [0.29, 0.717) is 32.1 Å². The molecular weight excluding hydrogens is 418 g/mol. The van der Waals surface area contributed by atoms with E-state index in [2.05, 4.69) is 15.7 Å². The summed E-state index contributed by atoms with van der Waals surface area (Å²) >= 11 is 23.3. The van der Waals surface area contributed by atoms with Crippen LogP contribution < -0.4 is 10.6 Å². The van der Waals surface area contributed by atoms with E-state index in [1.54, 1.807) is 42.6 Å². The van der Waals surface area contributed by atoms with Gasteiger partial charge in [0.05, 0.1) is 16.6 Å². The maximum Gasteiger partial charge on any atom is 0.176 e. The summed E-state index contributed by atoms with van der Waals surface area (Å²) in [5, 5.41) is 11.7. The fourth-order valence-corrected chi connectivity index (χ4v) is 2.92. The van der Waals surface area contributed by atoms with Gasteiger partial charge in [-0.2, -0.15) is 5.10 Å². The first-order valence-electron chi connectivity index (χ1n) is 7.42. The van der Waals surface area contributed by atoms with Crippen LogP contribution in [0.5, 0.6) is 0 Å². The number of nitrogens with one attached hydrogen (secondary N) is 2. The number of benzene rings is 2. The second kappa shape index (κ2) is 8.22. The van der Waals surface area contributed by atoms with Crippen LogP contribution in [0, 0.1) is 5.82 Å². The minimum Gasteiger partial charge on any atom is -0.332 e. The van der Waals surface area contributed by atoms with E-state index in [1.165, 1.54) is 10.7 Å². The molecule has 0 spiro atoms. The predicted octanol–water partition coefficient (Wildman–Crippen LogP) is 5.84. The highest BCUT2D eigenvalue weighted by Gasteiger charge is 2.11. The van der Waals surface area contributed by atoms with Crippen LogP contribution in [-0.4, -0.2) is 14.9 Å². The summed E-state index contributed by atoms with van der Waals surface area (Å²) in [4.78, 5) is 0. The highest BCUT2D eigenvalue weighted by atomic mass is 35.5. The van der Waals surface area contributed by atoms with Gasteiger partial charge in [-0.1, -0.05) is 53.0 Å². The number of hydrogen-bond acceptors (Lipinski definition) is 2. The van der Waals surface area contributed by atoms with Gasteiger partial charge in [-0.05, 0) is 36.5 Å². The molecule has 0 saturated carbocycles. The number of rotatable bonds is 4. The van der Waals surface area contributed by atoms with Gasteiger partial charge in [-0.3, -0.25) is 4.68 Å². The first kappa shape index (κ1) is 18.9. The molecule has 26 heavy (non-hydrogen) atoms. The molecule has 1 heterocycles. The predicted molar refractivity (Wildman–Crippen MR) is 109 cm³/mol. The van der Waals surface area contributed by atoms with Crippen molar-refractivity contribution in [3.63, 3.8) is 0 Å². The van der Waals surface area contributed by atoms with Gasteiger partial charge in [0, 0.05) is 17.4 Å². The molecule has 9 heteroatoms. The minimum atomic E-state index is -0.301. The normalized spacial score (nSPS) is 10.6. The summed E-state index contributed by atoms with van der Waals surface area (Å²) in [7, 11) is 0. The third-order valence-corrected chi connectivity index (χ3v) is 4.64. The van der Waals surface area contributed by atoms with Gasteiger partial charge in [-0.15, -0.1) is 0 Å². The van der Waals surface area contributed by atoms with Crippen LogP contribution in [0.15, 0.2) is 48.7 Å². The number of halogens is 4. The van der Waals surface area contributed by atoms with Crippen LogP contribution in [-0.2, 0) is 6.54 Å². The van der Waals surface area contributed by atoms with Crippen molar-refractivity contribution in [1.82, 2.24) is 9.78 Å². The van der Waals surface area contributed by atoms with Gasteiger partial charge in [0.15, 0.2) is 10.9 Å². The standard InChI is InChI=1S/C17H12Cl3FN4S/c18-12-6-5-11(7-13(12)19)22-17(26)23-16-14(20)9-25(24-16)8-10-3-1-2-4-15(10)21/h1-7,9H,8H2,(H2,22,23,24,26). The number of aromatic nitrogens is 2. The van der Waals surface area contributed by atoms with Crippen LogP contribution >= 0.6 is 47.0 Å². The summed E-state index contributed by atoms with van der Waals surface area (Å²) in [6, 6.07) is 11.5. The van der Waals surface area contributed by atoms with Crippen LogP contribution in [0.25, 0.3) is 0 Å². The smallest absolute Gasteiger partial charge is 0.176 e. The lowest BCUT2D eigenvalue weighted by Gasteiger charge is -2.09. The van der Waals surface area contributed by atoms with E-state index >= 15 is 0 Å². The first-order valence-corrected chi connectivity index (χ1v) is 8.96. The summed E-state index contributed by atoms with van der Waals surface area (Å²) in [6.45, 7) is 0.251. The Labute approximate surface area is 169 Å². The Morgan fingerprint density at radius 1 is 1.04 bits per heavy atom. The molecule has 0 amide bonds. The van der Waals surface area contributed by atoms with Gasteiger partial charge >= 0.3 is 0 Å². The van der Waals surface area contributed by atoms with E-state index in [-0.39, 0.29) is 17.5 Å². The Hall–Kier alpha value is -1.86. The molecule has 1 aromatic heterocycles. The molecule has 0 radical (unpaired) electrons. The summed E-state index contributed by atoms with van der Waals surface area (Å²) < 4.78 is 15.3. The van der Waals surface area contributed by atoms with Gasteiger partial charge in [0.2, 0.25) is 0 Å². The molecule has 0 aliphatic heterocycles. The molecule has 0 aliphatic carbocycles. The number of nitrogens with zero attached hydrogens (tertiary/aromatic N) is 2. The van der Waals surface area contributed by atoms with Crippen molar-refractivity contribution in [1.29, 1.82) is 0 Å². The van der Waals surface area contributed by atoms with Gasteiger partial charge < -0.3 is 10.6 Å². The lowest BCUT2D eigenvalue weighted by atomic mass is 10.2.